The van der Waals surface area contributed by atoms with Gasteiger partial charge in [0.2, 0.25) is 0 Å². The SMILES string of the molecule is Cc1ccc(C)c(CC2(CO)CC2)c1. The fraction of sp³-hybridized carbons (Fsp3) is 0.538. The molecule has 76 valence electrons. The zero-order valence-corrected chi connectivity index (χ0v) is 9.01. The minimum atomic E-state index is 0.235. The Labute approximate surface area is 85.8 Å². The Hall–Kier alpha value is -0.820. The molecule has 1 N–H and O–H groups in total. The summed E-state index contributed by atoms with van der Waals surface area (Å²) in [5, 5.41) is 9.28. The van der Waals surface area contributed by atoms with Crippen LogP contribution in [0.4, 0.5) is 0 Å². The largest absolute Gasteiger partial charge is 0.396 e. The first-order chi connectivity index (χ1) is 6.65. The van der Waals surface area contributed by atoms with Crippen LogP contribution in [0.2, 0.25) is 0 Å². The van der Waals surface area contributed by atoms with Crippen molar-refractivity contribution in [1.82, 2.24) is 0 Å². The predicted octanol–water partition coefficient (Wildman–Crippen LogP) is 2.62. The summed E-state index contributed by atoms with van der Waals surface area (Å²) in [7, 11) is 0. The lowest BCUT2D eigenvalue weighted by molar-refractivity contribution is 0.211. The lowest BCUT2D eigenvalue weighted by Gasteiger charge is -2.14. The lowest BCUT2D eigenvalue weighted by Crippen LogP contribution is -2.11. The number of rotatable bonds is 3. The molecule has 0 aliphatic heterocycles. The molecule has 14 heavy (non-hydrogen) atoms. The van der Waals surface area contributed by atoms with Crippen molar-refractivity contribution < 1.29 is 5.11 Å². The lowest BCUT2D eigenvalue weighted by atomic mass is 9.93. The van der Waals surface area contributed by atoms with E-state index in [4.69, 9.17) is 0 Å². The molecule has 0 bridgehead atoms. The Morgan fingerprint density at radius 1 is 1.29 bits per heavy atom. The van der Waals surface area contributed by atoms with Crippen LogP contribution in [0.1, 0.15) is 29.5 Å². The second-order valence-electron chi connectivity index (χ2n) is 4.76. The van der Waals surface area contributed by atoms with Crippen LogP contribution in [-0.4, -0.2) is 11.7 Å². The van der Waals surface area contributed by atoms with Gasteiger partial charge in [0.1, 0.15) is 0 Å². The quantitative estimate of drug-likeness (QED) is 0.776. The van der Waals surface area contributed by atoms with Crippen molar-refractivity contribution in [2.75, 3.05) is 6.61 Å². The summed E-state index contributed by atoms with van der Waals surface area (Å²) in [6.45, 7) is 4.63. The summed E-state index contributed by atoms with van der Waals surface area (Å²) < 4.78 is 0. The number of aryl methyl sites for hydroxylation is 2. The molecule has 0 amide bonds. The first kappa shape index (κ1) is 9.72. The summed E-state index contributed by atoms with van der Waals surface area (Å²) in [5.41, 5.74) is 4.32. The number of hydrogen-bond acceptors (Lipinski definition) is 1. The highest BCUT2D eigenvalue weighted by Crippen LogP contribution is 2.48. The van der Waals surface area contributed by atoms with Gasteiger partial charge in [0.15, 0.2) is 0 Å². The van der Waals surface area contributed by atoms with Gasteiger partial charge in [0.25, 0.3) is 0 Å². The number of aliphatic hydroxyl groups excluding tert-OH is 1. The molecule has 2 rings (SSSR count). The van der Waals surface area contributed by atoms with Crippen molar-refractivity contribution in [3.05, 3.63) is 34.9 Å². The molecular weight excluding hydrogens is 172 g/mol. The highest BCUT2D eigenvalue weighted by molar-refractivity contribution is 5.32. The first-order valence-corrected chi connectivity index (χ1v) is 5.32. The van der Waals surface area contributed by atoms with Gasteiger partial charge >= 0.3 is 0 Å². The summed E-state index contributed by atoms with van der Waals surface area (Å²) >= 11 is 0. The van der Waals surface area contributed by atoms with Gasteiger partial charge < -0.3 is 5.11 Å². The Kier molecular flexibility index (Phi) is 2.36. The average Bonchev–Trinajstić information content (AvgIpc) is 2.92. The zero-order valence-electron chi connectivity index (χ0n) is 9.01. The van der Waals surface area contributed by atoms with Crippen molar-refractivity contribution in [2.45, 2.75) is 33.1 Å². The van der Waals surface area contributed by atoms with Crippen LogP contribution in [-0.2, 0) is 6.42 Å². The molecular formula is C13H18O. The second-order valence-corrected chi connectivity index (χ2v) is 4.76. The molecule has 1 aromatic rings. The third-order valence-electron chi connectivity index (χ3n) is 3.36. The van der Waals surface area contributed by atoms with Crippen molar-refractivity contribution in [3.8, 4) is 0 Å². The van der Waals surface area contributed by atoms with Crippen LogP contribution in [0.15, 0.2) is 18.2 Å². The normalized spacial score (nSPS) is 18.2. The summed E-state index contributed by atoms with van der Waals surface area (Å²) in [5.74, 6) is 0. The number of benzene rings is 1. The second kappa shape index (κ2) is 3.39. The van der Waals surface area contributed by atoms with E-state index in [0.717, 1.165) is 6.42 Å². The molecule has 1 fully saturated rings. The molecule has 1 saturated carbocycles. The Bertz CT molecular complexity index is 337. The standard InChI is InChI=1S/C13H18O/c1-10-3-4-11(2)12(7-10)8-13(9-14)5-6-13/h3-4,7,14H,5-6,8-9H2,1-2H3. The number of hydrogen-bond donors (Lipinski definition) is 1. The molecule has 0 radical (unpaired) electrons. The van der Waals surface area contributed by atoms with Crippen LogP contribution in [0.25, 0.3) is 0 Å². The molecule has 0 spiro atoms. The van der Waals surface area contributed by atoms with E-state index in [1.165, 1.54) is 29.5 Å². The summed E-state index contributed by atoms with van der Waals surface area (Å²) in [6, 6.07) is 6.58. The molecule has 1 heteroatoms. The monoisotopic (exact) mass is 190 g/mol. The van der Waals surface area contributed by atoms with Crippen LogP contribution in [0, 0.1) is 19.3 Å². The molecule has 1 aromatic carbocycles. The summed E-state index contributed by atoms with van der Waals surface area (Å²) in [6.07, 6.45) is 3.44. The van der Waals surface area contributed by atoms with E-state index in [0.29, 0.717) is 6.61 Å². The maximum absolute atomic E-state index is 9.28. The van der Waals surface area contributed by atoms with Gasteiger partial charge in [-0.15, -0.1) is 0 Å². The smallest absolute Gasteiger partial charge is 0.0490 e. The van der Waals surface area contributed by atoms with E-state index in [-0.39, 0.29) is 5.41 Å². The van der Waals surface area contributed by atoms with E-state index in [2.05, 4.69) is 32.0 Å². The van der Waals surface area contributed by atoms with Gasteiger partial charge in [-0.05, 0) is 49.7 Å². The Morgan fingerprint density at radius 3 is 2.57 bits per heavy atom. The highest BCUT2D eigenvalue weighted by atomic mass is 16.3. The minimum absolute atomic E-state index is 0.235. The van der Waals surface area contributed by atoms with E-state index < -0.39 is 0 Å². The molecule has 0 heterocycles. The van der Waals surface area contributed by atoms with Gasteiger partial charge in [-0.2, -0.15) is 0 Å². The molecule has 1 aliphatic rings. The van der Waals surface area contributed by atoms with Gasteiger partial charge in [0, 0.05) is 6.61 Å². The first-order valence-electron chi connectivity index (χ1n) is 5.32. The van der Waals surface area contributed by atoms with E-state index in [1.807, 2.05) is 0 Å². The maximum atomic E-state index is 9.28. The van der Waals surface area contributed by atoms with Crippen molar-refractivity contribution in [3.63, 3.8) is 0 Å². The van der Waals surface area contributed by atoms with Crippen molar-refractivity contribution in [1.29, 1.82) is 0 Å². The van der Waals surface area contributed by atoms with Crippen LogP contribution < -0.4 is 0 Å². The Morgan fingerprint density at radius 2 is 2.00 bits per heavy atom. The van der Waals surface area contributed by atoms with Crippen molar-refractivity contribution in [2.24, 2.45) is 5.41 Å². The van der Waals surface area contributed by atoms with E-state index >= 15 is 0 Å². The predicted molar refractivity (Wildman–Crippen MR) is 58.4 cm³/mol. The van der Waals surface area contributed by atoms with E-state index in [1.54, 1.807) is 0 Å². The fourth-order valence-electron chi connectivity index (χ4n) is 1.96. The molecule has 1 aliphatic carbocycles. The third-order valence-corrected chi connectivity index (χ3v) is 3.36. The maximum Gasteiger partial charge on any atom is 0.0490 e. The average molecular weight is 190 g/mol. The van der Waals surface area contributed by atoms with Crippen LogP contribution in [0.5, 0.6) is 0 Å². The minimum Gasteiger partial charge on any atom is -0.396 e. The van der Waals surface area contributed by atoms with Crippen LogP contribution >= 0.6 is 0 Å². The topological polar surface area (TPSA) is 20.2 Å². The molecule has 0 aromatic heterocycles. The van der Waals surface area contributed by atoms with Gasteiger partial charge in [0.05, 0.1) is 0 Å². The molecule has 1 nitrogen and oxygen atoms in total. The summed E-state index contributed by atoms with van der Waals surface area (Å²) in [4.78, 5) is 0. The van der Waals surface area contributed by atoms with Gasteiger partial charge in [-0.1, -0.05) is 23.8 Å². The van der Waals surface area contributed by atoms with Crippen LogP contribution in [0.3, 0.4) is 0 Å². The van der Waals surface area contributed by atoms with Gasteiger partial charge in [-0.3, -0.25) is 0 Å². The molecule has 0 atom stereocenters. The Balaban J connectivity index is 2.20. The highest BCUT2D eigenvalue weighted by Gasteiger charge is 2.41. The van der Waals surface area contributed by atoms with E-state index in [9.17, 15) is 5.11 Å². The van der Waals surface area contributed by atoms with Crippen molar-refractivity contribution >= 4 is 0 Å². The fourth-order valence-corrected chi connectivity index (χ4v) is 1.96. The molecule has 0 unspecified atom stereocenters. The molecule has 0 saturated heterocycles. The van der Waals surface area contributed by atoms with Gasteiger partial charge in [-0.25, -0.2) is 0 Å². The number of aliphatic hydroxyl groups is 1. The zero-order chi connectivity index (χ0) is 10.2. The third kappa shape index (κ3) is 1.83.